The van der Waals surface area contributed by atoms with Gasteiger partial charge in [0.15, 0.2) is 16.7 Å². The van der Waals surface area contributed by atoms with Crippen LogP contribution in [0, 0.1) is 23.2 Å². The van der Waals surface area contributed by atoms with Gasteiger partial charge < -0.3 is 68.2 Å². The number of aliphatic hydroxyl groups excluding tert-OH is 3. The second-order valence-corrected chi connectivity index (χ2v) is 26.5. The van der Waals surface area contributed by atoms with Crippen molar-refractivity contribution >= 4 is 46.1 Å². The fourth-order valence-corrected chi connectivity index (χ4v) is 13.6. The first kappa shape index (κ1) is 63.8. The minimum Gasteiger partial charge on any atom is -0.464 e. The molecular weight excluding hydrogens is 1150 g/mol. The molecule has 0 unspecified atom stereocenters. The molecule has 5 N–H and O–H groups in total. The number of nitrogens with zero attached hydrogens (tertiary/aromatic N) is 3. The number of halogens is 2. The summed E-state index contributed by atoms with van der Waals surface area (Å²) in [5.74, 6) is -3.34. The van der Waals surface area contributed by atoms with Gasteiger partial charge in [-0.15, -0.1) is 0 Å². The van der Waals surface area contributed by atoms with Gasteiger partial charge in [0, 0.05) is 79.1 Å². The first-order valence-electron chi connectivity index (χ1n) is 28.0. The van der Waals surface area contributed by atoms with Crippen LogP contribution in [0.2, 0.25) is 5.02 Å². The van der Waals surface area contributed by atoms with Crippen LogP contribution in [-0.2, 0) is 62.1 Å². The summed E-state index contributed by atoms with van der Waals surface area (Å²) >= 11 is 8.22. The number of aliphatic hydroxyl groups is 5. The Balaban J connectivity index is 1.18. The molecule has 5 heterocycles. The van der Waals surface area contributed by atoms with Crippen molar-refractivity contribution < 1.29 is 68.3 Å². The molecule has 0 amide bonds. The quantitative estimate of drug-likeness (QED) is 0.0641. The van der Waals surface area contributed by atoms with E-state index in [1.165, 1.54) is 19.7 Å². The van der Waals surface area contributed by atoms with Gasteiger partial charge in [0.05, 0.1) is 60.1 Å². The number of carbonyl (C=O) groups is 2. The van der Waals surface area contributed by atoms with Gasteiger partial charge in [-0.1, -0.05) is 81.8 Å². The Morgan fingerprint density at radius 2 is 1.53 bits per heavy atom. The number of esters is 2. The summed E-state index contributed by atoms with van der Waals surface area (Å²) < 4.78 is 45.9. The maximum absolute atomic E-state index is 14.5. The van der Waals surface area contributed by atoms with Gasteiger partial charge in [-0.3, -0.25) is 14.5 Å². The monoisotopic (exact) mass is 1240 g/mol. The van der Waals surface area contributed by atoms with Crippen LogP contribution in [0.3, 0.4) is 0 Å². The van der Waals surface area contributed by atoms with Crippen LogP contribution in [0.5, 0.6) is 0 Å². The highest BCUT2D eigenvalue weighted by Crippen LogP contribution is 2.48. The molecule has 0 radical (unpaired) electrons. The molecule has 7 rings (SSSR count). The highest BCUT2D eigenvalue weighted by molar-refractivity contribution is 14.1. The lowest BCUT2D eigenvalue weighted by Gasteiger charge is -2.49. The van der Waals surface area contributed by atoms with Gasteiger partial charge >= 0.3 is 11.9 Å². The summed E-state index contributed by atoms with van der Waals surface area (Å²) in [4.78, 5) is 32.5. The number of hydrogen-bond donors (Lipinski definition) is 5. The molecule has 442 valence electrons. The van der Waals surface area contributed by atoms with E-state index in [1.54, 1.807) is 41.7 Å². The largest absolute Gasteiger partial charge is 0.464 e. The topological polar surface area (TPSA) is 211 Å². The van der Waals surface area contributed by atoms with E-state index in [2.05, 4.69) is 30.5 Å². The van der Waals surface area contributed by atoms with Gasteiger partial charge in [-0.05, 0) is 133 Å². The number of hydrogen-bond acceptors (Lipinski definition) is 16. The van der Waals surface area contributed by atoms with Gasteiger partial charge in [0.1, 0.15) is 24.4 Å². The number of benzene rings is 2. The lowest BCUT2D eigenvalue weighted by atomic mass is 9.77. The maximum atomic E-state index is 14.5. The molecule has 17 nitrogen and oxygen atoms in total. The molecule has 4 aliphatic heterocycles. The molecule has 79 heavy (non-hydrogen) atoms. The third-order valence-corrected chi connectivity index (χ3v) is 19.1. The minimum absolute atomic E-state index is 0.0154. The van der Waals surface area contributed by atoms with E-state index >= 15 is 0 Å². The molecule has 19 heteroatoms. The Bertz CT molecular complexity index is 2530. The Kier molecular flexibility index (Phi) is 20.7. The standard InChI is InChI=1S/C60H89ClIN3O14/c1-33-28-58(9,71)53(35(3)50(77-46-30-59(10,73-14)52(69)38(6)76-46)36(4)54(70)79-56(62)60(11,72)51(68)37(5)64(13)31-33)78-55-49(44(66)26-34(2)75-55)63(12)24-25-74-45(67)27-42-47(40-20-22-41(61)23-21-40)48(39-18-16-15-17-19-39)43-29-57(7,8)32-65(42)43/h15-23,33-38,44,46,49-53,55-56,66,68-69,71-72H,24-32H2,1-14H3/t33-,34-,35+,36-,37-,38+,44+,46+,49-,50+,51-,52+,53-,55+,56+,58-,59-,60+/m1/s1. The SMILES string of the molecule is CO[C@]1(C)C[C@H](O[C@H]2[C@H](C)[C@@H](O[C@@H]3O[C@H](C)C[C@H](O)[C@H]3N(C)CCOC(=O)Cc3c(-c4ccc(Cl)cc4)c(-c4ccccc4)c4n3CC(C)(C)C4)[C@](C)(O)C[C@@H](C)CN(C)[C@H](C)[C@@H](O)[C@](C)(O)[C@@H](I)OC(=O)[C@@H]2C)O[C@@H](C)[C@@H]1O. The zero-order chi connectivity index (χ0) is 58.3. The molecule has 18 atom stereocenters. The van der Waals surface area contributed by atoms with Crippen molar-refractivity contribution in [2.75, 3.05) is 40.9 Å². The van der Waals surface area contributed by atoms with E-state index in [0.717, 1.165) is 40.9 Å². The molecule has 0 saturated carbocycles. The van der Waals surface area contributed by atoms with Crippen LogP contribution in [0.1, 0.15) is 107 Å². The fourth-order valence-electron chi connectivity index (χ4n) is 12.8. The van der Waals surface area contributed by atoms with Crippen LogP contribution in [0.15, 0.2) is 54.6 Å². The van der Waals surface area contributed by atoms with Gasteiger partial charge in [0.2, 0.25) is 0 Å². The predicted octanol–water partition coefficient (Wildman–Crippen LogP) is 7.41. The summed E-state index contributed by atoms with van der Waals surface area (Å²) in [5.41, 5.74) is 1.44. The van der Waals surface area contributed by atoms with Crippen LogP contribution >= 0.6 is 34.2 Å². The first-order chi connectivity index (χ1) is 36.9. The van der Waals surface area contributed by atoms with Crippen molar-refractivity contribution in [2.24, 2.45) is 23.2 Å². The highest BCUT2D eigenvalue weighted by atomic mass is 127. The number of ether oxygens (including phenoxy) is 7. The lowest BCUT2D eigenvalue weighted by Crippen LogP contribution is -2.61. The lowest BCUT2D eigenvalue weighted by molar-refractivity contribution is -0.315. The molecule has 4 aliphatic rings. The van der Waals surface area contributed by atoms with Crippen molar-refractivity contribution in [3.8, 4) is 22.3 Å². The van der Waals surface area contributed by atoms with Crippen molar-refractivity contribution in [1.82, 2.24) is 14.4 Å². The molecule has 0 spiro atoms. The second-order valence-electron chi connectivity index (χ2n) is 24.9. The van der Waals surface area contributed by atoms with Crippen LogP contribution in [0.4, 0.5) is 0 Å². The van der Waals surface area contributed by atoms with Crippen molar-refractivity contribution in [3.63, 3.8) is 0 Å². The number of cyclic esters (lactones) is 1. The van der Waals surface area contributed by atoms with E-state index in [-0.39, 0.29) is 50.2 Å². The predicted molar refractivity (Wildman–Crippen MR) is 309 cm³/mol. The highest BCUT2D eigenvalue weighted by Gasteiger charge is 2.53. The number of aromatic nitrogens is 1. The summed E-state index contributed by atoms with van der Waals surface area (Å²) in [5, 5.41) is 60.2. The average Bonchev–Trinajstić information content (AvgIpc) is 4.07. The number of fused-ring (bicyclic) bond motifs is 1. The number of rotatable bonds is 13. The normalized spacial score (nSPS) is 37.9. The van der Waals surface area contributed by atoms with Crippen molar-refractivity contribution in [1.29, 1.82) is 0 Å². The molecule has 3 saturated heterocycles. The van der Waals surface area contributed by atoms with Crippen LogP contribution in [0.25, 0.3) is 22.3 Å². The zero-order valence-electron chi connectivity index (χ0n) is 48.7. The van der Waals surface area contributed by atoms with Crippen molar-refractivity contribution in [2.45, 2.75) is 203 Å². The Labute approximate surface area is 486 Å². The molecular formula is C60H89ClIN3O14. The number of likely N-dealkylation sites (N-methyl/N-ethyl adjacent to an activating group) is 2. The fraction of sp³-hybridized carbons (Fsp3) is 0.700. The van der Waals surface area contributed by atoms with Crippen LogP contribution in [-0.4, -0.2) is 181 Å². The molecule has 0 aliphatic carbocycles. The Morgan fingerprint density at radius 1 is 0.886 bits per heavy atom. The summed E-state index contributed by atoms with van der Waals surface area (Å²) in [6, 6.07) is 16.5. The minimum atomic E-state index is -1.88. The molecule has 0 bridgehead atoms. The second kappa shape index (κ2) is 25.6. The Hall–Kier alpha value is -2.80. The van der Waals surface area contributed by atoms with E-state index in [0.29, 0.717) is 11.6 Å². The van der Waals surface area contributed by atoms with E-state index < -0.39 is 112 Å². The summed E-state index contributed by atoms with van der Waals surface area (Å²) in [7, 11) is 5.13. The first-order valence-corrected chi connectivity index (χ1v) is 29.6. The van der Waals surface area contributed by atoms with Gasteiger partial charge in [0.25, 0.3) is 0 Å². The average molecular weight is 1240 g/mol. The summed E-state index contributed by atoms with van der Waals surface area (Å²) in [6.07, 6.45) is -7.62. The third kappa shape index (κ3) is 14.2. The maximum Gasteiger partial charge on any atom is 0.312 e. The van der Waals surface area contributed by atoms with Gasteiger partial charge in [-0.25, -0.2) is 0 Å². The zero-order valence-corrected chi connectivity index (χ0v) is 51.6. The van der Waals surface area contributed by atoms with E-state index in [4.69, 9.17) is 44.8 Å². The smallest absolute Gasteiger partial charge is 0.312 e. The molecule has 3 aromatic rings. The number of carbonyl (C=O) groups excluding carboxylic acids is 2. The van der Waals surface area contributed by atoms with E-state index in [1.807, 2.05) is 103 Å². The Morgan fingerprint density at radius 3 is 2.18 bits per heavy atom. The van der Waals surface area contributed by atoms with Crippen LogP contribution < -0.4 is 0 Å². The number of alkyl halides is 1. The summed E-state index contributed by atoms with van der Waals surface area (Å²) in [6.45, 7) is 21.4. The molecule has 1 aromatic heterocycles. The van der Waals surface area contributed by atoms with E-state index in [9.17, 15) is 35.1 Å². The number of methoxy groups -OCH3 is 1. The van der Waals surface area contributed by atoms with Gasteiger partial charge in [-0.2, -0.15) is 0 Å². The van der Waals surface area contributed by atoms with Crippen molar-refractivity contribution in [3.05, 3.63) is 71.0 Å². The molecule has 2 aromatic carbocycles. The molecule has 3 fully saturated rings. The third-order valence-electron chi connectivity index (χ3n) is 17.4.